The first kappa shape index (κ1) is 15.4. The van der Waals surface area contributed by atoms with Gasteiger partial charge in [-0.1, -0.05) is 13.5 Å². The summed E-state index contributed by atoms with van der Waals surface area (Å²) in [6, 6.07) is 10.0. The van der Waals surface area contributed by atoms with Crippen LogP contribution in [0.5, 0.6) is 0 Å². The minimum absolute atomic E-state index is 0.486. The highest BCUT2D eigenvalue weighted by Crippen LogP contribution is 2.14. The number of anilines is 1. The van der Waals surface area contributed by atoms with Crippen LogP contribution in [-0.4, -0.2) is 30.6 Å². The molecule has 112 valence electrons. The van der Waals surface area contributed by atoms with Gasteiger partial charge in [0, 0.05) is 18.3 Å². The van der Waals surface area contributed by atoms with Crippen LogP contribution in [0.15, 0.2) is 36.7 Å². The maximum absolute atomic E-state index is 8.79. The van der Waals surface area contributed by atoms with Gasteiger partial charge in [0.15, 0.2) is 0 Å². The van der Waals surface area contributed by atoms with Crippen molar-refractivity contribution >= 4 is 5.69 Å². The second-order valence-electron chi connectivity index (χ2n) is 5.50. The van der Waals surface area contributed by atoms with Crippen molar-refractivity contribution in [3.8, 4) is 6.07 Å². The van der Waals surface area contributed by atoms with E-state index in [1.165, 1.54) is 19.4 Å². The predicted octanol–water partition coefficient (Wildman–Crippen LogP) is 2.91. The molecule has 1 aromatic rings. The number of benzene rings is 1. The second kappa shape index (κ2) is 7.70. The molecule has 0 spiro atoms. The lowest BCUT2D eigenvalue weighted by Gasteiger charge is -2.21. The van der Waals surface area contributed by atoms with Gasteiger partial charge >= 0.3 is 0 Å². The molecule has 1 saturated heterocycles. The Balaban J connectivity index is 1.82. The first-order valence-corrected chi connectivity index (χ1v) is 7.66. The van der Waals surface area contributed by atoms with E-state index in [9.17, 15) is 0 Å². The highest BCUT2D eigenvalue weighted by atomic mass is 15.1. The van der Waals surface area contributed by atoms with Crippen LogP contribution in [0.1, 0.15) is 31.7 Å². The third-order valence-electron chi connectivity index (χ3n) is 3.96. The zero-order valence-corrected chi connectivity index (χ0v) is 12.7. The Morgan fingerprint density at radius 3 is 2.76 bits per heavy atom. The van der Waals surface area contributed by atoms with E-state index in [0.717, 1.165) is 31.0 Å². The minimum atomic E-state index is 0.486. The Morgan fingerprint density at radius 1 is 1.33 bits per heavy atom. The summed E-state index contributed by atoms with van der Waals surface area (Å²) >= 11 is 0. The summed E-state index contributed by atoms with van der Waals surface area (Å²) in [7, 11) is 0. The molecule has 21 heavy (non-hydrogen) atoms. The SMILES string of the molecule is C=C(Nc1ccc(C#N)cc1)NC1CCCN(CC)CC1. The van der Waals surface area contributed by atoms with Crippen LogP contribution >= 0.6 is 0 Å². The van der Waals surface area contributed by atoms with Gasteiger partial charge in [0.25, 0.3) is 0 Å². The van der Waals surface area contributed by atoms with E-state index in [-0.39, 0.29) is 0 Å². The van der Waals surface area contributed by atoms with Crippen molar-refractivity contribution in [2.75, 3.05) is 25.0 Å². The zero-order valence-electron chi connectivity index (χ0n) is 12.7. The molecule has 2 N–H and O–H groups in total. The lowest BCUT2D eigenvalue weighted by Crippen LogP contribution is -2.32. The molecule has 2 rings (SSSR count). The van der Waals surface area contributed by atoms with Gasteiger partial charge in [-0.05, 0) is 56.6 Å². The first-order chi connectivity index (χ1) is 10.2. The fourth-order valence-electron chi connectivity index (χ4n) is 2.70. The molecule has 1 aromatic carbocycles. The molecule has 4 heteroatoms. The maximum atomic E-state index is 8.79. The summed E-state index contributed by atoms with van der Waals surface area (Å²) in [5.41, 5.74) is 1.62. The summed E-state index contributed by atoms with van der Waals surface area (Å²) < 4.78 is 0. The number of nitriles is 1. The third-order valence-corrected chi connectivity index (χ3v) is 3.96. The minimum Gasteiger partial charge on any atom is -0.369 e. The molecule has 1 aliphatic heterocycles. The molecule has 0 aliphatic carbocycles. The van der Waals surface area contributed by atoms with Crippen LogP contribution in [0.4, 0.5) is 5.69 Å². The monoisotopic (exact) mass is 284 g/mol. The van der Waals surface area contributed by atoms with Crippen molar-refractivity contribution in [2.24, 2.45) is 0 Å². The molecule has 0 amide bonds. The average molecular weight is 284 g/mol. The lowest BCUT2D eigenvalue weighted by atomic mass is 10.1. The Hall–Kier alpha value is -1.99. The van der Waals surface area contributed by atoms with Crippen LogP contribution in [0.3, 0.4) is 0 Å². The molecule has 1 heterocycles. The van der Waals surface area contributed by atoms with Gasteiger partial charge in [-0.2, -0.15) is 5.26 Å². The largest absolute Gasteiger partial charge is 0.369 e. The van der Waals surface area contributed by atoms with Crippen LogP contribution < -0.4 is 10.6 Å². The summed E-state index contributed by atoms with van der Waals surface area (Å²) in [6.45, 7) is 9.76. The van der Waals surface area contributed by atoms with E-state index in [0.29, 0.717) is 11.6 Å². The van der Waals surface area contributed by atoms with Crippen LogP contribution in [0, 0.1) is 11.3 Å². The molecule has 1 aliphatic rings. The summed E-state index contributed by atoms with van der Waals surface area (Å²) in [5.74, 6) is 0.828. The predicted molar refractivity (Wildman–Crippen MR) is 86.8 cm³/mol. The van der Waals surface area contributed by atoms with Crippen molar-refractivity contribution in [2.45, 2.75) is 32.2 Å². The normalized spacial score (nSPS) is 19.3. The van der Waals surface area contributed by atoms with Crippen LogP contribution in [0.2, 0.25) is 0 Å². The van der Waals surface area contributed by atoms with E-state index in [2.05, 4.69) is 35.1 Å². The highest BCUT2D eigenvalue weighted by molar-refractivity contribution is 5.50. The Bertz CT molecular complexity index is 501. The fraction of sp³-hybridized carbons (Fsp3) is 0.471. The Kier molecular flexibility index (Phi) is 5.65. The number of hydrogen-bond acceptors (Lipinski definition) is 4. The Morgan fingerprint density at radius 2 is 2.10 bits per heavy atom. The van der Waals surface area contributed by atoms with Crippen molar-refractivity contribution in [3.05, 3.63) is 42.2 Å². The number of hydrogen-bond donors (Lipinski definition) is 2. The highest BCUT2D eigenvalue weighted by Gasteiger charge is 2.15. The van der Waals surface area contributed by atoms with Crippen molar-refractivity contribution < 1.29 is 0 Å². The quantitative estimate of drug-likeness (QED) is 0.873. The molecular weight excluding hydrogens is 260 g/mol. The van der Waals surface area contributed by atoms with Gasteiger partial charge in [-0.15, -0.1) is 0 Å². The topological polar surface area (TPSA) is 51.1 Å². The molecule has 0 aromatic heterocycles. The fourth-order valence-corrected chi connectivity index (χ4v) is 2.70. The van der Waals surface area contributed by atoms with E-state index < -0.39 is 0 Å². The van der Waals surface area contributed by atoms with Crippen molar-refractivity contribution in [3.63, 3.8) is 0 Å². The zero-order chi connectivity index (χ0) is 15.1. The average Bonchev–Trinajstić information content (AvgIpc) is 2.73. The summed E-state index contributed by atoms with van der Waals surface area (Å²) in [6.07, 6.45) is 3.57. The van der Waals surface area contributed by atoms with E-state index in [4.69, 9.17) is 5.26 Å². The van der Waals surface area contributed by atoms with Gasteiger partial charge in [0.1, 0.15) is 0 Å². The molecular formula is C17H24N4. The first-order valence-electron chi connectivity index (χ1n) is 7.66. The summed E-state index contributed by atoms with van der Waals surface area (Å²) in [4.78, 5) is 2.50. The van der Waals surface area contributed by atoms with Crippen molar-refractivity contribution in [1.82, 2.24) is 10.2 Å². The summed E-state index contributed by atoms with van der Waals surface area (Å²) in [5, 5.41) is 15.5. The Labute approximate surface area is 127 Å². The van der Waals surface area contributed by atoms with Crippen molar-refractivity contribution in [1.29, 1.82) is 5.26 Å². The molecule has 0 bridgehead atoms. The standard InChI is InChI=1S/C17H24N4/c1-3-21-11-4-5-16(10-12-21)19-14(2)20-17-8-6-15(13-18)7-9-17/h6-9,16,19-20H,2-5,10-12H2,1H3. The molecule has 1 atom stereocenters. The maximum Gasteiger partial charge on any atom is 0.0991 e. The lowest BCUT2D eigenvalue weighted by molar-refractivity contribution is 0.298. The van der Waals surface area contributed by atoms with Gasteiger partial charge in [0.2, 0.25) is 0 Å². The van der Waals surface area contributed by atoms with E-state index in [1.54, 1.807) is 12.1 Å². The van der Waals surface area contributed by atoms with Gasteiger partial charge in [-0.3, -0.25) is 0 Å². The smallest absolute Gasteiger partial charge is 0.0991 e. The molecule has 1 fully saturated rings. The van der Waals surface area contributed by atoms with Gasteiger partial charge in [-0.25, -0.2) is 0 Å². The van der Waals surface area contributed by atoms with Crippen LogP contribution in [-0.2, 0) is 0 Å². The molecule has 0 saturated carbocycles. The number of nitrogens with one attached hydrogen (secondary N) is 2. The number of likely N-dealkylation sites (tertiary alicyclic amines) is 1. The van der Waals surface area contributed by atoms with E-state index >= 15 is 0 Å². The molecule has 0 radical (unpaired) electrons. The van der Waals surface area contributed by atoms with Crippen LogP contribution in [0.25, 0.3) is 0 Å². The van der Waals surface area contributed by atoms with Gasteiger partial charge in [0.05, 0.1) is 17.5 Å². The number of nitrogens with zero attached hydrogens (tertiary/aromatic N) is 2. The third kappa shape index (κ3) is 4.80. The molecule has 1 unspecified atom stereocenters. The van der Waals surface area contributed by atoms with Gasteiger partial charge < -0.3 is 15.5 Å². The molecule has 4 nitrogen and oxygen atoms in total. The van der Waals surface area contributed by atoms with E-state index in [1.807, 2.05) is 12.1 Å². The second-order valence-corrected chi connectivity index (χ2v) is 5.50. The number of rotatable bonds is 5.